The highest BCUT2D eigenvalue weighted by atomic mass is 16.2. The lowest BCUT2D eigenvalue weighted by Gasteiger charge is -2.06. The molecule has 0 saturated heterocycles. The van der Waals surface area contributed by atoms with Crippen molar-refractivity contribution in [3.8, 4) is 11.3 Å². The molecule has 108 valence electrons. The van der Waals surface area contributed by atoms with Crippen molar-refractivity contribution in [3.63, 3.8) is 0 Å². The van der Waals surface area contributed by atoms with Crippen LogP contribution in [0.1, 0.15) is 20.3 Å². The zero-order valence-electron chi connectivity index (χ0n) is 12.2. The van der Waals surface area contributed by atoms with Crippen LogP contribution in [0, 0.1) is 12.5 Å². The molecule has 1 N–H and O–H groups in total. The molecule has 0 aliphatic rings. The van der Waals surface area contributed by atoms with Crippen LogP contribution in [0.25, 0.3) is 16.1 Å². The highest BCUT2D eigenvalue weighted by Gasteiger charge is 2.08. The summed E-state index contributed by atoms with van der Waals surface area (Å²) in [4.78, 5) is 19.5. The van der Waals surface area contributed by atoms with Gasteiger partial charge >= 0.3 is 6.03 Å². The quantitative estimate of drug-likeness (QED) is 0.869. The van der Waals surface area contributed by atoms with E-state index in [4.69, 9.17) is 6.57 Å². The molecule has 0 bridgehead atoms. The van der Waals surface area contributed by atoms with Gasteiger partial charge in [-0.15, -0.1) is 0 Å². The van der Waals surface area contributed by atoms with E-state index in [0.29, 0.717) is 23.8 Å². The first-order chi connectivity index (χ1) is 10.1. The molecule has 2 rings (SSSR count). The van der Waals surface area contributed by atoms with Gasteiger partial charge in [-0.3, -0.25) is 4.57 Å². The lowest BCUT2D eigenvalue weighted by atomic mass is 10.1. The zero-order chi connectivity index (χ0) is 15.2. The van der Waals surface area contributed by atoms with Gasteiger partial charge in [0.1, 0.15) is 6.33 Å². The lowest BCUT2D eigenvalue weighted by Crippen LogP contribution is -2.29. The van der Waals surface area contributed by atoms with Crippen LogP contribution >= 0.6 is 0 Å². The van der Waals surface area contributed by atoms with E-state index >= 15 is 0 Å². The number of hydrogen-bond acceptors (Lipinski definition) is 2. The zero-order valence-corrected chi connectivity index (χ0v) is 12.2. The summed E-state index contributed by atoms with van der Waals surface area (Å²) < 4.78 is 1.44. The number of carbonyl (C=O) groups excluding carboxylic acids is 1. The minimum Gasteiger partial charge on any atom is -0.337 e. The Bertz CT molecular complexity index is 650. The van der Waals surface area contributed by atoms with Crippen molar-refractivity contribution >= 4 is 11.7 Å². The van der Waals surface area contributed by atoms with Crippen LogP contribution in [0.4, 0.5) is 10.5 Å². The van der Waals surface area contributed by atoms with Gasteiger partial charge in [0.25, 0.3) is 0 Å². The Morgan fingerprint density at radius 3 is 2.71 bits per heavy atom. The molecule has 1 heterocycles. The van der Waals surface area contributed by atoms with Gasteiger partial charge in [-0.05, 0) is 17.9 Å². The third-order valence-corrected chi connectivity index (χ3v) is 3.11. The fraction of sp³-hybridized carbons (Fsp3) is 0.312. The number of imidazole rings is 1. The fourth-order valence-corrected chi connectivity index (χ4v) is 1.85. The maximum absolute atomic E-state index is 11.9. The van der Waals surface area contributed by atoms with Crippen molar-refractivity contribution in [2.24, 2.45) is 5.92 Å². The van der Waals surface area contributed by atoms with E-state index < -0.39 is 0 Å². The van der Waals surface area contributed by atoms with Crippen molar-refractivity contribution < 1.29 is 4.79 Å². The first-order valence-corrected chi connectivity index (χ1v) is 6.90. The van der Waals surface area contributed by atoms with E-state index in [2.05, 4.69) is 29.0 Å². The summed E-state index contributed by atoms with van der Waals surface area (Å²) in [7, 11) is 0. The summed E-state index contributed by atoms with van der Waals surface area (Å²) in [5.41, 5.74) is 2.19. The Morgan fingerprint density at radius 2 is 2.10 bits per heavy atom. The molecule has 0 aliphatic carbocycles. The molecule has 0 atom stereocenters. The Hall–Kier alpha value is -2.61. The number of rotatable bonds is 4. The molecule has 21 heavy (non-hydrogen) atoms. The van der Waals surface area contributed by atoms with Crippen LogP contribution in [0.3, 0.4) is 0 Å². The van der Waals surface area contributed by atoms with E-state index in [1.54, 1.807) is 18.3 Å². The molecule has 0 fully saturated rings. The van der Waals surface area contributed by atoms with Gasteiger partial charge < -0.3 is 5.32 Å². The molecule has 0 aliphatic heterocycles. The SMILES string of the molecule is [C-]#[N+]c1ccc(-c2cn(C(=O)NCCC(C)C)cn2)cc1. The number of amides is 1. The summed E-state index contributed by atoms with van der Waals surface area (Å²) >= 11 is 0. The van der Waals surface area contributed by atoms with Gasteiger partial charge in [-0.25, -0.2) is 14.6 Å². The number of benzene rings is 1. The summed E-state index contributed by atoms with van der Waals surface area (Å²) in [6, 6.07) is 6.97. The summed E-state index contributed by atoms with van der Waals surface area (Å²) in [5.74, 6) is 0.560. The predicted molar refractivity (Wildman–Crippen MR) is 82.2 cm³/mol. The average molecular weight is 282 g/mol. The minimum absolute atomic E-state index is 0.174. The molecule has 1 aromatic heterocycles. The van der Waals surface area contributed by atoms with E-state index in [1.165, 1.54) is 10.9 Å². The van der Waals surface area contributed by atoms with Gasteiger partial charge in [-0.1, -0.05) is 38.1 Å². The molecule has 1 aromatic carbocycles. The minimum atomic E-state index is -0.174. The van der Waals surface area contributed by atoms with Gasteiger partial charge in [0, 0.05) is 12.7 Å². The molecular weight excluding hydrogens is 264 g/mol. The van der Waals surface area contributed by atoms with E-state index in [0.717, 1.165) is 12.0 Å². The molecule has 5 nitrogen and oxygen atoms in total. The number of hydrogen-bond donors (Lipinski definition) is 1. The van der Waals surface area contributed by atoms with Gasteiger partial charge in [0.15, 0.2) is 5.69 Å². The molecule has 5 heteroatoms. The predicted octanol–water partition coefficient (Wildman–Crippen LogP) is 3.70. The topological polar surface area (TPSA) is 51.3 Å². The maximum Gasteiger partial charge on any atom is 0.326 e. The Balaban J connectivity index is 2.03. The first kappa shape index (κ1) is 14.8. The van der Waals surface area contributed by atoms with Crippen molar-refractivity contribution in [1.29, 1.82) is 0 Å². The molecular formula is C16H18N4O. The highest BCUT2D eigenvalue weighted by Crippen LogP contribution is 2.20. The van der Waals surface area contributed by atoms with Crippen LogP contribution in [-0.4, -0.2) is 22.1 Å². The number of carbonyl (C=O) groups is 1. The molecule has 0 unspecified atom stereocenters. The molecule has 2 aromatic rings. The number of nitrogens with zero attached hydrogens (tertiary/aromatic N) is 3. The lowest BCUT2D eigenvalue weighted by molar-refractivity contribution is 0.242. The second kappa shape index (κ2) is 6.71. The summed E-state index contributed by atoms with van der Waals surface area (Å²) in [6.07, 6.45) is 4.14. The van der Waals surface area contributed by atoms with E-state index in [-0.39, 0.29) is 6.03 Å². The Kier molecular flexibility index (Phi) is 4.72. The Labute approximate surface area is 124 Å². The monoisotopic (exact) mass is 282 g/mol. The average Bonchev–Trinajstić information content (AvgIpc) is 2.97. The largest absolute Gasteiger partial charge is 0.337 e. The summed E-state index contributed by atoms with van der Waals surface area (Å²) in [5, 5.41) is 2.86. The molecule has 1 amide bonds. The van der Waals surface area contributed by atoms with Crippen LogP contribution in [0.15, 0.2) is 36.8 Å². The van der Waals surface area contributed by atoms with Crippen LogP contribution in [-0.2, 0) is 0 Å². The fourth-order valence-electron chi connectivity index (χ4n) is 1.85. The van der Waals surface area contributed by atoms with E-state index in [1.807, 2.05) is 12.1 Å². The number of aromatic nitrogens is 2. The summed E-state index contributed by atoms with van der Waals surface area (Å²) in [6.45, 7) is 11.8. The van der Waals surface area contributed by atoms with Crippen molar-refractivity contribution in [2.45, 2.75) is 20.3 Å². The smallest absolute Gasteiger partial charge is 0.326 e. The second-order valence-corrected chi connectivity index (χ2v) is 5.24. The van der Waals surface area contributed by atoms with Crippen molar-refractivity contribution in [2.75, 3.05) is 6.54 Å². The van der Waals surface area contributed by atoms with E-state index in [9.17, 15) is 4.79 Å². The number of nitrogens with one attached hydrogen (secondary N) is 1. The Morgan fingerprint density at radius 1 is 1.38 bits per heavy atom. The van der Waals surface area contributed by atoms with Crippen molar-refractivity contribution in [3.05, 3.63) is 48.2 Å². The van der Waals surface area contributed by atoms with Crippen LogP contribution in [0.2, 0.25) is 0 Å². The third-order valence-electron chi connectivity index (χ3n) is 3.11. The van der Waals surface area contributed by atoms with Crippen molar-refractivity contribution in [1.82, 2.24) is 14.9 Å². The second-order valence-electron chi connectivity index (χ2n) is 5.24. The molecule has 0 spiro atoms. The molecule has 0 radical (unpaired) electrons. The van der Waals surface area contributed by atoms with Gasteiger partial charge in [0.2, 0.25) is 0 Å². The van der Waals surface area contributed by atoms with Crippen LogP contribution in [0.5, 0.6) is 0 Å². The van der Waals surface area contributed by atoms with Gasteiger partial charge in [0.05, 0.1) is 12.3 Å². The van der Waals surface area contributed by atoms with Crippen LogP contribution < -0.4 is 5.32 Å². The first-order valence-electron chi connectivity index (χ1n) is 6.90. The normalized spacial score (nSPS) is 10.4. The molecule has 0 saturated carbocycles. The highest BCUT2D eigenvalue weighted by molar-refractivity contribution is 5.78. The standard InChI is InChI=1S/C16H18N4O/c1-12(2)8-9-18-16(21)20-10-15(19-11-20)13-4-6-14(17-3)7-5-13/h4-7,10-12H,8-9H2,1-2H3,(H,18,21). The van der Waals surface area contributed by atoms with Gasteiger partial charge in [-0.2, -0.15) is 0 Å². The maximum atomic E-state index is 11.9. The third kappa shape index (κ3) is 3.93.